The van der Waals surface area contributed by atoms with E-state index in [1.165, 1.54) is 19.3 Å². The van der Waals surface area contributed by atoms with Crippen LogP contribution in [-0.4, -0.2) is 21.2 Å². The zero-order valence-corrected chi connectivity index (χ0v) is 19.3. The van der Waals surface area contributed by atoms with Crippen LogP contribution in [0.15, 0.2) is 42.5 Å². The summed E-state index contributed by atoms with van der Waals surface area (Å²) < 4.78 is 1.97. The van der Waals surface area contributed by atoms with Crippen molar-refractivity contribution in [1.29, 1.82) is 5.26 Å². The Morgan fingerprint density at radius 3 is 2.55 bits per heavy atom. The number of imidazole rings is 1. The van der Waals surface area contributed by atoms with Gasteiger partial charge < -0.3 is 4.57 Å². The molecule has 1 aromatic heterocycles. The van der Waals surface area contributed by atoms with Gasteiger partial charge in [-0.25, -0.2) is 4.98 Å². The fraction of sp³-hybridized carbons (Fsp3) is 0.407. The van der Waals surface area contributed by atoms with Crippen molar-refractivity contribution < 1.29 is 9.59 Å². The molecule has 1 unspecified atom stereocenters. The lowest BCUT2D eigenvalue weighted by molar-refractivity contribution is -0.127. The summed E-state index contributed by atoms with van der Waals surface area (Å²) >= 11 is 0. The van der Waals surface area contributed by atoms with E-state index in [1.807, 2.05) is 30.5 Å². The molecule has 4 rings (SSSR count). The first-order valence-corrected chi connectivity index (χ1v) is 11.8. The Kier molecular flexibility index (Phi) is 6.88. The van der Waals surface area contributed by atoms with Crippen molar-refractivity contribution in [2.75, 3.05) is 5.32 Å². The maximum atomic E-state index is 12.9. The van der Waals surface area contributed by atoms with Crippen molar-refractivity contribution in [1.82, 2.24) is 9.55 Å². The third-order valence-electron chi connectivity index (χ3n) is 6.67. The van der Waals surface area contributed by atoms with E-state index in [2.05, 4.69) is 22.4 Å². The number of fused-ring (bicyclic) bond motifs is 1. The van der Waals surface area contributed by atoms with Crippen molar-refractivity contribution in [3.63, 3.8) is 0 Å². The molecule has 170 valence electrons. The van der Waals surface area contributed by atoms with Crippen LogP contribution in [0.4, 0.5) is 5.95 Å². The Labute approximate surface area is 194 Å². The number of carbonyl (C=O) groups excluding carboxylic acids is 2. The fourth-order valence-corrected chi connectivity index (χ4v) is 4.83. The minimum Gasteiger partial charge on any atom is -0.310 e. The fourth-order valence-electron chi connectivity index (χ4n) is 4.83. The first kappa shape index (κ1) is 22.7. The predicted octanol–water partition coefficient (Wildman–Crippen LogP) is 5.51. The molecule has 1 fully saturated rings. The molecule has 1 aliphatic rings. The Hall–Kier alpha value is -3.46. The lowest BCUT2D eigenvalue weighted by atomic mass is 9.80. The third-order valence-corrected chi connectivity index (χ3v) is 6.67. The number of Topliss-reactive ketones (excluding diaryl/α,β-unsaturated/α-hetero) is 1. The van der Waals surface area contributed by atoms with E-state index in [1.54, 1.807) is 24.3 Å². The molecule has 1 aliphatic carbocycles. The van der Waals surface area contributed by atoms with E-state index in [0.717, 1.165) is 29.4 Å². The number of aryl methyl sites for hydroxylation is 1. The first-order valence-electron chi connectivity index (χ1n) is 11.8. The molecular weight excluding hydrogens is 412 g/mol. The Balaban J connectivity index is 1.51. The number of hydrogen-bond donors (Lipinski definition) is 1. The number of amides is 1. The second kappa shape index (κ2) is 9.99. The number of aromatic nitrogens is 2. The van der Waals surface area contributed by atoms with Gasteiger partial charge in [0, 0.05) is 23.9 Å². The van der Waals surface area contributed by atoms with E-state index < -0.39 is 0 Å². The molecule has 1 heterocycles. The van der Waals surface area contributed by atoms with E-state index in [0.29, 0.717) is 35.8 Å². The second-order valence-electron chi connectivity index (χ2n) is 8.99. The lowest BCUT2D eigenvalue weighted by Gasteiger charge is -2.23. The summed E-state index contributed by atoms with van der Waals surface area (Å²) in [5, 5.41) is 11.8. The number of ketones is 1. The summed E-state index contributed by atoms with van der Waals surface area (Å²) in [4.78, 5) is 30.3. The van der Waals surface area contributed by atoms with Gasteiger partial charge >= 0.3 is 0 Å². The molecule has 33 heavy (non-hydrogen) atoms. The van der Waals surface area contributed by atoms with Gasteiger partial charge in [0.15, 0.2) is 0 Å². The largest absolute Gasteiger partial charge is 0.310 e. The smallest absolute Gasteiger partial charge is 0.257 e. The molecule has 0 aliphatic heterocycles. The molecule has 1 atom stereocenters. The highest BCUT2D eigenvalue weighted by molar-refractivity contribution is 6.04. The summed E-state index contributed by atoms with van der Waals surface area (Å²) in [5.41, 5.74) is 3.82. The van der Waals surface area contributed by atoms with Crippen LogP contribution < -0.4 is 5.32 Å². The van der Waals surface area contributed by atoms with E-state index >= 15 is 0 Å². The maximum Gasteiger partial charge on any atom is 0.257 e. The minimum atomic E-state index is -0.267. The zero-order valence-electron chi connectivity index (χ0n) is 19.3. The summed E-state index contributed by atoms with van der Waals surface area (Å²) in [6.07, 6.45) is 6.36. The van der Waals surface area contributed by atoms with Crippen LogP contribution in [0.2, 0.25) is 0 Å². The molecule has 3 aromatic rings. The monoisotopic (exact) mass is 442 g/mol. The average Bonchev–Trinajstić information content (AvgIpc) is 3.20. The highest BCUT2D eigenvalue weighted by Crippen LogP contribution is 2.28. The van der Waals surface area contributed by atoms with Gasteiger partial charge in [0.05, 0.1) is 22.7 Å². The standard InChI is InChI=1S/C27H30N4O2/c1-3-31-24-14-11-20(15-18(2)25(32)21-7-5-4-6-8-21)16-23(24)29-27(31)30-26(33)22-12-9-19(17-28)10-13-22/h9-14,16,18,21H,3-8,15H2,1-2H3,(H,29,30,33). The zero-order chi connectivity index (χ0) is 23.4. The number of nitriles is 1. The number of anilines is 1. The van der Waals surface area contributed by atoms with Crippen LogP contribution in [-0.2, 0) is 17.8 Å². The van der Waals surface area contributed by atoms with E-state index in [4.69, 9.17) is 5.26 Å². The third kappa shape index (κ3) is 4.98. The molecule has 1 N–H and O–H groups in total. The quantitative estimate of drug-likeness (QED) is 0.523. The van der Waals surface area contributed by atoms with Gasteiger partial charge in [0.2, 0.25) is 5.95 Å². The number of benzene rings is 2. The number of hydrogen-bond acceptors (Lipinski definition) is 4. The molecule has 1 amide bonds. The summed E-state index contributed by atoms with van der Waals surface area (Å²) in [6.45, 7) is 4.71. The normalized spacial score (nSPS) is 15.2. The van der Waals surface area contributed by atoms with Gasteiger partial charge in [-0.2, -0.15) is 5.26 Å². The molecule has 0 spiro atoms. The summed E-state index contributed by atoms with van der Waals surface area (Å²) in [5.74, 6) is 0.834. The lowest BCUT2D eigenvalue weighted by Crippen LogP contribution is -2.25. The van der Waals surface area contributed by atoms with Crippen LogP contribution in [0.3, 0.4) is 0 Å². The van der Waals surface area contributed by atoms with Crippen molar-refractivity contribution in [2.45, 2.75) is 58.9 Å². The molecule has 2 aromatic carbocycles. The van der Waals surface area contributed by atoms with Crippen LogP contribution >= 0.6 is 0 Å². The van der Waals surface area contributed by atoms with E-state index in [9.17, 15) is 9.59 Å². The molecule has 0 bridgehead atoms. The highest BCUT2D eigenvalue weighted by atomic mass is 16.2. The summed E-state index contributed by atoms with van der Waals surface area (Å²) in [7, 11) is 0. The van der Waals surface area contributed by atoms with E-state index in [-0.39, 0.29) is 17.7 Å². The van der Waals surface area contributed by atoms with Crippen molar-refractivity contribution in [2.24, 2.45) is 11.8 Å². The number of rotatable bonds is 7. The molecule has 0 saturated heterocycles. The van der Waals surface area contributed by atoms with Crippen LogP contribution in [0.1, 0.15) is 67.4 Å². The van der Waals surface area contributed by atoms with Crippen molar-refractivity contribution in [3.8, 4) is 6.07 Å². The number of carbonyl (C=O) groups is 2. The molecule has 6 heteroatoms. The molecule has 0 radical (unpaired) electrons. The van der Waals surface area contributed by atoms with Crippen LogP contribution in [0.5, 0.6) is 0 Å². The van der Waals surface area contributed by atoms with Gasteiger partial charge in [-0.15, -0.1) is 0 Å². The predicted molar refractivity (Wildman–Crippen MR) is 129 cm³/mol. The molecule has 6 nitrogen and oxygen atoms in total. The second-order valence-corrected chi connectivity index (χ2v) is 8.99. The minimum absolute atomic E-state index is 0.00522. The van der Waals surface area contributed by atoms with Gasteiger partial charge in [0.1, 0.15) is 5.78 Å². The number of nitrogens with one attached hydrogen (secondary N) is 1. The first-order chi connectivity index (χ1) is 16.0. The molecule has 1 saturated carbocycles. The Bertz CT molecular complexity index is 1200. The van der Waals surface area contributed by atoms with Gasteiger partial charge in [-0.05, 0) is 68.1 Å². The average molecular weight is 443 g/mol. The highest BCUT2D eigenvalue weighted by Gasteiger charge is 2.25. The van der Waals surface area contributed by atoms with Gasteiger partial charge in [-0.1, -0.05) is 32.3 Å². The van der Waals surface area contributed by atoms with Crippen LogP contribution in [0.25, 0.3) is 11.0 Å². The maximum absolute atomic E-state index is 12.9. The van der Waals surface area contributed by atoms with Gasteiger partial charge in [-0.3, -0.25) is 14.9 Å². The molecular formula is C27H30N4O2. The van der Waals surface area contributed by atoms with Crippen LogP contribution in [0, 0.1) is 23.2 Å². The number of nitrogens with zero attached hydrogens (tertiary/aromatic N) is 3. The Morgan fingerprint density at radius 2 is 1.88 bits per heavy atom. The Morgan fingerprint density at radius 1 is 1.15 bits per heavy atom. The van der Waals surface area contributed by atoms with Crippen molar-refractivity contribution in [3.05, 3.63) is 59.2 Å². The SMILES string of the molecule is CCn1c(NC(=O)c2ccc(C#N)cc2)nc2cc(CC(C)C(=O)C3CCCCC3)ccc21. The van der Waals surface area contributed by atoms with Gasteiger partial charge in [0.25, 0.3) is 5.91 Å². The van der Waals surface area contributed by atoms with Crippen molar-refractivity contribution >= 4 is 28.7 Å². The topological polar surface area (TPSA) is 87.8 Å². The summed E-state index contributed by atoms with van der Waals surface area (Å²) in [6, 6.07) is 14.7.